The highest BCUT2D eigenvalue weighted by molar-refractivity contribution is 7.22. The van der Waals surface area contributed by atoms with Crippen LogP contribution in [0.1, 0.15) is 30.5 Å². The first-order chi connectivity index (χ1) is 13.5. The normalized spacial score (nSPS) is 10.9. The van der Waals surface area contributed by atoms with Gasteiger partial charge in [0.25, 0.3) is 0 Å². The Hall–Kier alpha value is -1.95. The van der Waals surface area contributed by atoms with E-state index in [2.05, 4.69) is 56.9 Å². The van der Waals surface area contributed by atoms with Crippen LogP contribution >= 0.6 is 23.7 Å². The average Bonchev–Trinajstić information content (AvgIpc) is 3.11. The minimum atomic E-state index is 0. The minimum absolute atomic E-state index is 0. The van der Waals surface area contributed by atoms with E-state index >= 15 is 0 Å². The van der Waals surface area contributed by atoms with Gasteiger partial charge in [-0.2, -0.15) is 0 Å². The Bertz CT molecular complexity index is 919. The van der Waals surface area contributed by atoms with Crippen LogP contribution in [-0.4, -0.2) is 42.0 Å². The molecule has 0 atom stereocenters. The third kappa shape index (κ3) is 5.78. The Morgan fingerprint density at radius 2 is 1.72 bits per heavy atom. The largest absolute Gasteiger partial charge is 0.302 e. The summed E-state index contributed by atoms with van der Waals surface area (Å²) < 4.78 is 1.12. The molecule has 0 N–H and O–H groups in total. The molecule has 4 nitrogen and oxygen atoms in total. The van der Waals surface area contributed by atoms with Gasteiger partial charge in [0.05, 0.1) is 16.6 Å². The van der Waals surface area contributed by atoms with Crippen molar-refractivity contribution in [1.82, 2.24) is 9.88 Å². The van der Waals surface area contributed by atoms with Crippen molar-refractivity contribution in [3.63, 3.8) is 0 Å². The molecule has 29 heavy (non-hydrogen) atoms. The van der Waals surface area contributed by atoms with E-state index in [9.17, 15) is 4.79 Å². The number of thiazole rings is 1. The van der Waals surface area contributed by atoms with Gasteiger partial charge in [0.15, 0.2) is 5.13 Å². The summed E-state index contributed by atoms with van der Waals surface area (Å²) >= 11 is 1.59. The fourth-order valence-electron chi connectivity index (χ4n) is 3.27. The first kappa shape index (κ1) is 23.3. The lowest BCUT2D eigenvalue weighted by Crippen LogP contribution is -2.39. The maximum absolute atomic E-state index is 13.2. The molecule has 1 aromatic heterocycles. The fourth-order valence-corrected chi connectivity index (χ4v) is 4.28. The monoisotopic (exact) mass is 431 g/mol. The molecule has 0 aliphatic carbocycles. The van der Waals surface area contributed by atoms with E-state index in [0.29, 0.717) is 13.0 Å². The number of fused-ring (bicyclic) bond motifs is 1. The molecule has 0 saturated heterocycles. The van der Waals surface area contributed by atoms with Crippen molar-refractivity contribution in [3.8, 4) is 0 Å². The van der Waals surface area contributed by atoms with Crippen LogP contribution in [0, 0.1) is 13.8 Å². The molecule has 1 amide bonds. The van der Waals surface area contributed by atoms with E-state index in [4.69, 9.17) is 4.98 Å². The third-order valence-electron chi connectivity index (χ3n) is 5.28. The van der Waals surface area contributed by atoms with Gasteiger partial charge in [0, 0.05) is 13.1 Å². The summed E-state index contributed by atoms with van der Waals surface area (Å²) in [6, 6.07) is 14.3. The summed E-state index contributed by atoms with van der Waals surface area (Å²) in [6.07, 6.45) is 0.398. The first-order valence-electron chi connectivity index (χ1n) is 9.96. The van der Waals surface area contributed by atoms with Crippen molar-refractivity contribution in [2.24, 2.45) is 0 Å². The van der Waals surface area contributed by atoms with E-state index < -0.39 is 0 Å². The van der Waals surface area contributed by atoms with Crippen molar-refractivity contribution < 1.29 is 4.79 Å². The number of carbonyl (C=O) groups excluding carboxylic acids is 1. The van der Waals surface area contributed by atoms with Gasteiger partial charge in [0.2, 0.25) is 5.91 Å². The molecule has 0 fully saturated rings. The maximum atomic E-state index is 13.2. The molecule has 0 saturated carbocycles. The van der Waals surface area contributed by atoms with E-state index in [1.54, 1.807) is 11.3 Å². The maximum Gasteiger partial charge on any atom is 0.233 e. The summed E-state index contributed by atoms with van der Waals surface area (Å²) in [7, 11) is 0. The van der Waals surface area contributed by atoms with Crippen LogP contribution in [0.4, 0.5) is 5.13 Å². The molecule has 0 bridgehead atoms. The lowest BCUT2D eigenvalue weighted by molar-refractivity contribution is -0.118. The number of aromatic nitrogens is 1. The minimum Gasteiger partial charge on any atom is -0.302 e. The van der Waals surface area contributed by atoms with Crippen molar-refractivity contribution in [1.29, 1.82) is 0 Å². The van der Waals surface area contributed by atoms with Crippen molar-refractivity contribution in [2.75, 3.05) is 31.1 Å². The second-order valence-corrected chi connectivity index (χ2v) is 8.14. The van der Waals surface area contributed by atoms with E-state index in [1.165, 1.54) is 11.1 Å². The number of halogens is 1. The molecule has 0 spiro atoms. The van der Waals surface area contributed by atoms with Gasteiger partial charge in [-0.15, -0.1) is 12.4 Å². The molecule has 0 unspecified atom stereocenters. The van der Waals surface area contributed by atoms with Gasteiger partial charge < -0.3 is 4.90 Å². The van der Waals surface area contributed by atoms with Crippen LogP contribution < -0.4 is 4.90 Å². The molecule has 0 aliphatic heterocycles. The quantitative estimate of drug-likeness (QED) is 0.488. The number of carbonyl (C=O) groups is 1. The van der Waals surface area contributed by atoms with Gasteiger partial charge in [-0.25, -0.2) is 4.98 Å². The van der Waals surface area contributed by atoms with Crippen molar-refractivity contribution in [3.05, 3.63) is 59.2 Å². The second-order valence-electron chi connectivity index (χ2n) is 7.13. The van der Waals surface area contributed by atoms with Gasteiger partial charge in [0.1, 0.15) is 0 Å². The van der Waals surface area contributed by atoms with Crippen LogP contribution in [0.5, 0.6) is 0 Å². The zero-order valence-electron chi connectivity index (χ0n) is 17.6. The van der Waals surface area contributed by atoms with Crippen LogP contribution in [-0.2, 0) is 11.2 Å². The number of hydrogen-bond donors (Lipinski definition) is 0. The number of para-hydroxylation sites is 1. The molecule has 2 aromatic carbocycles. The number of nitrogens with zero attached hydrogens (tertiary/aromatic N) is 3. The average molecular weight is 432 g/mol. The van der Waals surface area contributed by atoms with Gasteiger partial charge in [-0.05, 0) is 55.8 Å². The Kier molecular flexibility index (Phi) is 8.62. The lowest BCUT2D eigenvalue weighted by atomic mass is 10.0. The van der Waals surface area contributed by atoms with E-state index in [0.717, 1.165) is 40.5 Å². The molecule has 3 rings (SSSR count). The fraction of sp³-hybridized carbons (Fsp3) is 0.391. The molecule has 6 heteroatoms. The number of rotatable bonds is 8. The highest BCUT2D eigenvalue weighted by Crippen LogP contribution is 2.29. The second kappa shape index (κ2) is 10.7. The summed E-state index contributed by atoms with van der Waals surface area (Å²) in [5.74, 6) is 0.106. The smallest absolute Gasteiger partial charge is 0.233 e. The van der Waals surface area contributed by atoms with Gasteiger partial charge in [-0.3, -0.25) is 9.69 Å². The van der Waals surface area contributed by atoms with Gasteiger partial charge >= 0.3 is 0 Å². The summed E-state index contributed by atoms with van der Waals surface area (Å²) in [5.41, 5.74) is 4.48. The highest BCUT2D eigenvalue weighted by Gasteiger charge is 2.20. The SMILES string of the molecule is CCN(CC)CCN(C(=O)Cc1ccc(C)c(C)c1)c1nc2ccccc2s1.Cl. The first-order valence-corrected chi connectivity index (χ1v) is 10.8. The topological polar surface area (TPSA) is 36.4 Å². The zero-order chi connectivity index (χ0) is 20.1. The Morgan fingerprint density at radius 1 is 1.00 bits per heavy atom. The summed E-state index contributed by atoms with van der Waals surface area (Å²) in [4.78, 5) is 22.2. The number of amides is 1. The molecule has 0 aliphatic rings. The number of aryl methyl sites for hydroxylation is 2. The Labute approximate surface area is 184 Å². The van der Waals surface area contributed by atoms with E-state index in [-0.39, 0.29) is 18.3 Å². The molecular weight excluding hydrogens is 402 g/mol. The Balaban J connectivity index is 0.00000300. The molecular formula is C23H30ClN3OS. The zero-order valence-corrected chi connectivity index (χ0v) is 19.3. The van der Waals surface area contributed by atoms with Crippen molar-refractivity contribution in [2.45, 2.75) is 34.1 Å². The van der Waals surface area contributed by atoms with Crippen LogP contribution in [0.15, 0.2) is 42.5 Å². The predicted molar refractivity (Wildman–Crippen MR) is 127 cm³/mol. The number of anilines is 1. The molecule has 3 aromatic rings. The Morgan fingerprint density at radius 3 is 2.38 bits per heavy atom. The number of hydrogen-bond acceptors (Lipinski definition) is 4. The van der Waals surface area contributed by atoms with Crippen LogP contribution in [0.3, 0.4) is 0 Å². The number of likely N-dealkylation sites (N-methyl/N-ethyl adjacent to an activating group) is 1. The predicted octanol–water partition coefficient (Wildman–Crippen LogP) is 5.25. The van der Waals surface area contributed by atoms with Crippen LogP contribution in [0.25, 0.3) is 10.2 Å². The summed E-state index contributed by atoms with van der Waals surface area (Å²) in [6.45, 7) is 12.0. The third-order valence-corrected chi connectivity index (χ3v) is 6.33. The van der Waals surface area contributed by atoms with Crippen LogP contribution in [0.2, 0.25) is 0 Å². The molecule has 156 valence electrons. The number of benzene rings is 2. The standard InChI is InChI=1S/C23H29N3OS.ClH/c1-5-25(6-2)13-14-26(23-24-20-9-7-8-10-21(20)28-23)22(27)16-19-12-11-17(3)18(4)15-19;/h7-12,15H,5-6,13-14,16H2,1-4H3;1H. The highest BCUT2D eigenvalue weighted by atomic mass is 35.5. The molecule has 0 radical (unpaired) electrons. The lowest BCUT2D eigenvalue weighted by Gasteiger charge is -2.25. The van der Waals surface area contributed by atoms with Gasteiger partial charge in [-0.1, -0.05) is 55.5 Å². The van der Waals surface area contributed by atoms with Crippen molar-refractivity contribution >= 4 is 45.0 Å². The van der Waals surface area contributed by atoms with E-state index in [1.807, 2.05) is 23.1 Å². The molecule has 1 heterocycles. The summed E-state index contributed by atoms with van der Waals surface area (Å²) in [5, 5.41) is 0.794.